The molecule has 2 heterocycles. The molecule has 0 bridgehead atoms. The second-order valence-electron chi connectivity index (χ2n) is 5.69. The summed E-state index contributed by atoms with van der Waals surface area (Å²) in [6.07, 6.45) is 1.58. The second kappa shape index (κ2) is 7.90. The molecule has 1 N–H and O–H groups in total. The van der Waals surface area contributed by atoms with E-state index in [-0.39, 0.29) is 36.1 Å². The van der Waals surface area contributed by atoms with Gasteiger partial charge in [0.1, 0.15) is 5.82 Å². The van der Waals surface area contributed by atoms with E-state index in [1.54, 1.807) is 6.07 Å². The zero-order valence-electron chi connectivity index (χ0n) is 12.5. The van der Waals surface area contributed by atoms with E-state index in [9.17, 15) is 9.18 Å². The van der Waals surface area contributed by atoms with Crippen molar-refractivity contribution in [3.05, 3.63) is 35.6 Å². The topological polar surface area (TPSA) is 41.6 Å². The van der Waals surface area contributed by atoms with E-state index in [4.69, 9.17) is 4.74 Å². The van der Waals surface area contributed by atoms with Gasteiger partial charge in [-0.25, -0.2) is 4.39 Å². The van der Waals surface area contributed by atoms with Crippen LogP contribution in [-0.4, -0.2) is 43.7 Å². The molecule has 0 spiro atoms. The van der Waals surface area contributed by atoms with Crippen molar-refractivity contribution in [3.8, 4) is 0 Å². The van der Waals surface area contributed by atoms with E-state index >= 15 is 0 Å². The number of benzene rings is 1. The van der Waals surface area contributed by atoms with Gasteiger partial charge in [-0.05, 0) is 30.5 Å². The Hall–Kier alpha value is -1.17. The molecule has 4 nitrogen and oxygen atoms in total. The number of carbonyl (C=O) groups excluding carboxylic acids is 1. The molecule has 1 amide bonds. The fourth-order valence-electron chi connectivity index (χ4n) is 3.16. The molecule has 3 rings (SSSR count). The van der Waals surface area contributed by atoms with Gasteiger partial charge in [0.15, 0.2) is 0 Å². The lowest BCUT2D eigenvalue weighted by Gasteiger charge is -2.39. The van der Waals surface area contributed by atoms with Crippen LogP contribution in [0.1, 0.15) is 24.4 Å². The number of nitrogens with one attached hydrogen (secondary N) is 1. The molecular formula is C16H22ClFN2O2. The summed E-state index contributed by atoms with van der Waals surface area (Å²) in [5.41, 5.74) is 0.864. The first-order valence-corrected chi connectivity index (χ1v) is 7.60. The average Bonchev–Trinajstić information content (AvgIpc) is 2.55. The normalized spacial score (nSPS) is 23.0. The van der Waals surface area contributed by atoms with Crippen LogP contribution in [0.5, 0.6) is 0 Å². The number of ether oxygens (including phenoxy) is 1. The van der Waals surface area contributed by atoms with E-state index in [0.717, 1.165) is 24.9 Å². The van der Waals surface area contributed by atoms with Crippen molar-refractivity contribution in [2.45, 2.75) is 18.9 Å². The molecule has 2 fully saturated rings. The lowest BCUT2D eigenvalue weighted by Crippen LogP contribution is -2.51. The van der Waals surface area contributed by atoms with Crippen molar-refractivity contribution in [1.29, 1.82) is 0 Å². The molecule has 22 heavy (non-hydrogen) atoms. The van der Waals surface area contributed by atoms with Gasteiger partial charge in [-0.1, -0.05) is 12.1 Å². The van der Waals surface area contributed by atoms with Crippen molar-refractivity contribution in [2.24, 2.45) is 5.92 Å². The van der Waals surface area contributed by atoms with Crippen LogP contribution in [0, 0.1) is 11.7 Å². The van der Waals surface area contributed by atoms with E-state index in [1.165, 1.54) is 12.1 Å². The predicted octanol–water partition coefficient (Wildman–Crippen LogP) is 2.15. The van der Waals surface area contributed by atoms with Crippen LogP contribution in [0.3, 0.4) is 0 Å². The number of hydrogen-bond acceptors (Lipinski definition) is 3. The average molecular weight is 329 g/mol. The number of hydrogen-bond donors (Lipinski definition) is 1. The van der Waals surface area contributed by atoms with Gasteiger partial charge in [0.25, 0.3) is 0 Å². The predicted molar refractivity (Wildman–Crippen MR) is 84.5 cm³/mol. The van der Waals surface area contributed by atoms with Crippen LogP contribution in [0.2, 0.25) is 0 Å². The van der Waals surface area contributed by atoms with Gasteiger partial charge >= 0.3 is 0 Å². The summed E-state index contributed by atoms with van der Waals surface area (Å²) in [7, 11) is 0. The first kappa shape index (κ1) is 17.2. The van der Waals surface area contributed by atoms with Crippen molar-refractivity contribution < 1.29 is 13.9 Å². The fraction of sp³-hybridized carbons (Fsp3) is 0.562. The number of amides is 1. The number of halogens is 2. The summed E-state index contributed by atoms with van der Waals surface area (Å²) in [4.78, 5) is 14.7. The molecule has 1 aromatic rings. The highest BCUT2D eigenvalue weighted by atomic mass is 35.5. The Kier molecular flexibility index (Phi) is 6.17. The van der Waals surface area contributed by atoms with Crippen LogP contribution in [-0.2, 0) is 9.53 Å². The summed E-state index contributed by atoms with van der Waals surface area (Å²) in [5.74, 6) is -0.0153. The molecule has 2 saturated heterocycles. The molecule has 1 aromatic carbocycles. The van der Waals surface area contributed by atoms with Crippen molar-refractivity contribution in [3.63, 3.8) is 0 Å². The first-order valence-electron chi connectivity index (χ1n) is 7.60. The maximum atomic E-state index is 13.5. The quantitative estimate of drug-likeness (QED) is 0.904. The van der Waals surface area contributed by atoms with Gasteiger partial charge in [0, 0.05) is 38.8 Å². The summed E-state index contributed by atoms with van der Waals surface area (Å²) >= 11 is 0. The lowest BCUT2D eigenvalue weighted by molar-refractivity contribution is -0.142. The van der Waals surface area contributed by atoms with Gasteiger partial charge in [-0.2, -0.15) is 0 Å². The maximum absolute atomic E-state index is 13.5. The van der Waals surface area contributed by atoms with Gasteiger partial charge < -0.3 is 15.0 Å². The van der Waals surface area contributed by atoms with E-state index in [2.05, 4.69) is 5.32 Å². The highest BCUT2D eigenvalue weighted by Gasteiger charge is 2.33. The zero-order valence-corrected chi connectivity index (χ0v) is 13.3. The third-order valence-corrected chi connectivity index (χ3v) is 4.33. The minimum atomic E-state index is -0.253. The molecule has 1 atom stereocenters. The molecule has 2 aliphatic heterocycles. The van der Waals surface area contributed by atoms with Crippen LogP contribution >= 0.6 is 12.4 Å². The van der Waals surface area contributed by atoms with Crippen LogP contribution in [0.25, 0.3) is 0 Å². The fourth-order valence-corrected chi connectivity index (χ4v) is 3.16. The monoisotopic (exact) mass is 328 g/mol. The molecule has 122 valence electrons. The Balaban J connectivity index is 0.00000176. The van der Waals surface area contributed by atoms with Crippen molar-refractivity contribution in [2.75, 3.05) is 32.8 Å². The van der Waals surface area contributed by atoms with Crippen LogP contribution in [0.15, 0.2) is 24.3 Å². The standard InChI is InChI=1S/C16H21FN2O2.ClH/c17-14-3-1-2-13(10-14)15-11-18-6-7-19(15)16(20)12-4-8-21-9-5-12;/h1-3,10,12,15,18H,4-9,11H2;1H. The van der Waals surface area contributed by atoms with Gasteiger partial charge in [-0.15, -0.1) is 12.4 Å². The third-order valence-electron chi connectivity index (χ3n) is 4.33. The molecule has 2 aliphatic rings. The molecule has 0 saturated carbocycles. The summed E-state index contributed by atoms with van der Waals surface area (Å²) < 4.78 is 18.8. The summed E-state index contributed by atoms with van der Waals surface area (Å²) in [6.45, 7) is 3.47. The van der Waals surface area contributed by atoms with Crippen molar-refractivity contribution >= 4 is 18.3 Å². The number of nitrogens with zero attached hydrogens (tertiary/aromatic N) is 1. The Morgan fingerprint density at radius 3 is 2.82 bits per heavy atom. The molecule has 0 aliphatic carbocycles. The minimum Gasteiger partial charge on any atom is -0.381 e. The van der Waals surface area contributed by atoms with Crippen LogP contribution < -0.4 is 5.32 Å². The molecule has 0 aromatic heterocycles. The largest absolute Gasteiger partial charge is 0.381 e. The Morgan fingerprint density at radius 2 is 2.09 bits per heavy atom. The van der Waals surface area contributed by atoms with Gasteiger partial charge in [0.2, 0.25) is 5.91 Å². The zero-order chi connectivity index (χ0) is 14.7. The molecular weight excluding hydrogens is 307 g/mol. The van der Waals surface area contributed by atoms with E-state index in [0.29, 0.717) is 26.3 Å². The summed E-state index contributed by atoms with van der Waals surface area (Å²) in [6, 6.07) is 6.48. The van der Waals surface area contributed by atoms with Gasteiger partial charge in [0.05, 0.1) is 6.04 Å². The second-order valence-corrected chi connectivity index (χ2v) is 5.69. The number of rotatable bonds is 2. The highest BCUT2D eigenvalue weighted by molar-refractivity contribution is 5.85. The molecule has 1 unspecified atom stereocenters. The number of carbonyl (C=O) groups is 1. The first-order chi connectivity index (χ1) is 10.3. The van der Waals surface area contributed by atoms with Gasteiger partial charge in [-0.3, -0.25) is 4.79 Å². The molecule has 0 radical (unpaired) electrons. The maximum Gasteiger partial charge on any atom is 0.226 e. The Bertz CT molecular complexity index is 509. The summed E-state index contributed by atoms with van der Waals surface area (Å²) in [5, 5.41) is 3.30. The van der Waals surface area contributed by atoms with E-state index < -0.39 is 0 Å². The number of piperazine rings is 1. The minimum absolute atomic E-state index is 0. The smallest absolute Gasteiger partial charge is 0.226 e. The highest BCUT2D eigenvalue weighted by Crippen LogP contribution is 2.27. The molecule has 6 heteroatoms. The van der Waals surface area contributed by atoms with E-state index in [1.807, 2.05) is 11.0 Å². The van der Waals surface area contributed by atoms with Crippen LogP contribution in [0.4, 0.5) is 4.39 Å². The Labute approximate surface area is 136 Å². The third kappa shape index (κ3) is 3.77. The van der Waals surface area contributed by atoms with Crippen molar-refractivity contribution in [1.82, 2.24) is 10.2 Å². The Morgan fingerprint density at radius 1 is 1.32 bits per heavy atom. The SMILES string of the molecule is Cl.O=C(C1CCOCC1)N1CCNCC1c1cccc(F)c1. The lowest BCUT2D eigenvalue weighted by atomic mass is 9.95.